The van der Waals surface area contributed by atoms with Crippen LogP contribution >= 0.6 is 0 Å². The second kappa shape index (κ2) is 7.78. The molecule has 1 aliphatic rings. The molecular weight excluding hydrogens is 296 g/mol. The van der Waals surface area contributed by atoms with Gasteiger partial charge in [-0.25, -0.2) is 4.79 Å². The van der Waals surface area contributed by atoms with Crippen molar-refractivity contribution < 1.29 is 19.4 Å². The smallest absolute Gasteiger partial charge is 0.410 e. The Balaban J connectivity index is 2.05. The molecule has 2 amide bonds. The molecule has 23 heavy (non-hydrogen) atoms. The molecule has 0 bridgehead atoms. The number of carbonyl (C=O) groups excluding carboxylic acids is 2. The monoisotopic (exact) mass is 318 g/mol. The molecule has 124 valence electrons. The van der Waals surface area contributed by atoms with Gasteiger partial charge in [-0.3, -0.25) is 9.69 Å². The number of ether oxygens (including phenoxy) is 1. The first-order valence-electron chi connectivity index (χ1n) is 7.56. The van der Waals surface area contributed by atoms with Crippen LogP contribution in [0.5, 0.6) is 0 Å². The van der Waals surface area contributed by atoms with Crippen molar-refractivity contribution in [2.45, 2.75) is 25.1 Å². The zero-order chi connectivity index (χ0) is 16.8. The van der Waals surface area contributed by atoms with Crippen molar-refractivity contribution in [3.05, 3.63) is 48.6 Å². The fraction of sp³-hybridized carbons (Fsp3) is 0.412. The molecule has 1 heterocycles. The first-order chi connectivity index (χ1) is 11.0. The van der Waals surface area contributed by atoms with Crippen LogP contribution in [-0.2, 0) is 16.1 Å². The van der Waals surface area contributed by atoms with Crippen LogP contribution in [0.1, 0.15) is 12.0 Å². The van der Waals surface area contributed by atoms with Crippen LogP contribution in [0.25, 0.3) is 0 Å². The fourth-order valence-electron chi connectivity index (χ4n) is 2.65. The molecule has 1 saturated heterocycles. The van der Waals surface area contributed by atoms with Gasteiger partial charge in [-0.1, -0.05) is 43.0 Å². The van der Waals surface area contributed by atoms with Crippen LogP contribution in [0.4, 0.5) is 4.79 Å². The van der Waals surface area contributed by atoms with Crippen molar-refractivity contribution in [1.29, 1.82) is 0 Å². The molecule has 1 fully saturated rings. The Morgan fingerprint density at radius 1 is 1.43 bits per heavy atom. The van der Waals surface area contributed by atoms with Gasteiger partial charge in [0, 0.05) is 20.1 Å². The third-order valence-electron chi connectivity index (χ3n) is 3.82. The first kappa shape index (κ1) is 17.0. The Morgan fingerprint density at radius 3 is 2.78 bits per heavy atom. The van der Waals surface area contributed by atoms with E-state index in [0.29, 0.717) is 19.5 Å². The lowest BCUT2D eigenvalue weighted by atomic mass is 10.1. The molecule has 0 spiro atoms. The first-order valence-corrected chi connectivity index (χ1v) is 7.56. The number of carbonyl (C=O) groups is 2. The maximum atomic E-state index is 12.6. The maximum Gasteiger partial charge on any atom is 0.410 e. The van der Waals surface area contributed by atoms with Crippen molar-refractivity contribution in [1.82, 2.24) is 9.80 Å². The molecule has 1 aromatic carbocycles. The summed E-state index contributed by atoms with van der Waals surface area (Å²) in [5.41, 5.74) is 0.983. The Morgan fingerprint density at radius 2 is 2.13 bits per heavy atom. The molecule has 1 N–H and O–H groups in total. The van der Waals surface area contributed by atoms with Crippen LogP contribution < -0.4 is 0 Å². The van der Waals surface area contributed by atoms with Gasteiger partial charge in [-0.2, -0.15) is 0 Å². The van der Waals surface area contributed by atoms with E-state index in [2.05, 4.69) is 6.58 Å². The summed E-state index contributed by atoms with van der Waals surface area (Å²) in [6.07, 6.45) is 0.339. The van der Waals surface area contributed by atoms with Crippen molar-refractivity contribution in [3.63, 3.8) is 0 Å². The fourth-order valence-corrected chi connectivity index (χ4v) is 2.65. The van der Waals surface area contributed by atoms with Crippen molar-refractivity contribution >= 4 is 12.0 Å². The summed E-state index contributed by atoms with van der Waals surface area (Å²) in [5, 5.41) is 10.1. The van der Waals surface area contributed by atoms with Gasteiger partial charge < -0.3 is 14.7 Å². The van der Waals surface area contributed by atoms with E-state index in [1.165, 1.54) is 15.9 Å². The number of benzene rings is 1. The van der Waals surface area contributed by atoms with Crippen molar-refractivity contribution in [2.75, 3.05) is 20.2 Å². The van der Waals surface area contributed by atoms with Gasteiger partial charge in [0.05, 0.1) is 6.10 Å². The minimum atomic E-state index is -0.902. The molecule has 2 atom stereocenters. The second-order valence-corrected chi connectivity index (χ2v) is 5.54. The quantitative estimate of drug-likeness (QED) is 0.833. The maximum absolute atomic E-state index is 12.6. The number of likely N-dealkylation sites (N-methyl/N-ethyl adjacent to an activating group) is 1. The molecule has 0 saturated carbocycles. The summed E-state index contributed by atoms with van der Waals surface area (Å²) in [6.45, 7) is 4.27. The van der Waals surface area contributed by atoms with Crippen molar-refractivity contribution in [2.24, 2.45) is 0 Å². The third-order valence-corrected chi connectivity index (χ3v) is 3.82. The Labute approximate surface area is 136 Å². The number of amides is 2. The van der Waals surface area contributed by atoms with E-state index >= 15 is 0 Å². The highest BCUT2D eigenvalue weighted by molar-refractivity contribution is 5.86. The van der Waals surface area contributed by atoms with Gasteiger partial charge in [-0.15, -0.1) is 0 Å². The van der Waals surface area contributed by atoms with Crippen LogP contribution in [-0.4, -0.2) is 59.3 Å². The number of hydrogen-bond donors (Lipinski definition) is 1. The van der Waals surface area contributed by atoms with Crippen LogP contribution in [0.3, 0.4) is 0 Å². The zero-order valence-corrected chi connectivity index (χ0v) is 13.2. The molecule has 2 rings (SSSR count). The number of aliphatic hydroxyl groups is 1. The second-order valence-electron chi connectivity index (χ2n) is 5.54. The molecular formula is C17H22N2O4. The Bertz CT molecular complexity index is 561. The number of nitrogens with zero attached hydrogens (tertiary/aromatic N) is 2. The molecule has 6 heteroatoms. The summed E-state index contributed by atoms with van der Waals surface area (Å²) in [5.74, 6) is -0.297. The van der Waals surface area contributed by atoms with E-state index in [1.54, 1.807) is 7.05 Å². The Hall–Kier alpha value is -2.34. The summed E-state index contributed by atoms with van der Waals surface area (Å²) < 4.78 is 4.99. The van der Waals surface area contributed by atoms with E-state index in [0.717, 1.165) is 5.56 Å². The average molecular weight is 318 g/mol. The minimum absolute atomic E-state index is 0.0756. The minimum Gasteiger partial charge on any atom is -0.445 e. The number of aliphatic hydroxyl groups excluding tert-OH is 1. The van der Waals surface area contributed by atoms with E-state index in [1.807, 2.05) is 30.3 Å². The number of hydrogen-bond acceptors (Lipinski definition) is 4. The van der Waals surface area contributed by atoms with Gasteiger partial charge in [0.15, 0.2) is 0 Å². The van der Waals surface area contributed by atoms with Crippen LogP contribution in [0.2, 0.25) is 0 Å². The molecule has 0 aliphatic carbocycles. The molecule has 6 nitrogen and oxygen atoms in total. The Kier molecular flexibility index (Phi) is 5.76. The molecule has 1 aliphatic heterocycles. The highest BCUT2D eigenvalue weighted by Gasteiger charge is 2.43. The van der Waals surface area contributed by atoms with E-state index < -0.39 is 18.2 Å². The average Bonchev–Trinajstić information content (AvgIpc) is 2.94. The SMILES string of the molecule is C=CCOC(=O)N1CCC(O)[C@H]1C(=O)N(C)Cc1ccccc1. The van der Waals surface area contributed by atoms with E-state index in [4.69, 9.17) is 4.74 Å². The van der Waals surface area contributed by atoms with Gasteiger partial charge in [0.1, 0.15) is 12.6 Å². The normalized spacial score (nSPS) is 20.2. The molecule has 1 aromatic rings. The van der Waals surface area contributed by atoms with Crippen LogP contribution in [0, 0.1) is 0 Å². The lowest BCUT2D eigenvalue weighted by Crippen LogP contribution is -2.50. The lowest BCUT2D eigenvalue weighted by Gasteiger charge is -2.28. The highest BCUT2D eigenvalue weighted by Crippen LogP contribution is 2.21. The standard InChI is InChI=1S/C17H22N2O4/c1-3-11-23-17(22)19-10-9-14(20)15(19)16(21)18(2)12-13-7-5-4-6-8-13/h3-8,14-15,20H,1,9-12H2,2H3/t14?,15-/m0/s1. The molecule has 1 unspecified atom stereocenters. The summed E-state index contributed by atoms with van der Waals surface area (Å²) in [4.78, 5) is 27.5. The third kappa shape index (κ3) is 4.10. The summed E-state index contributed by atoms with van der Waals surface area (Å²) in [7, 11) is 1.66. The topological polar surface area (TPSA) is 70.1 Å². The lowest BCUT2D eigenvalue weighted by molar-refractivity contribution is -0.137. The highest BCUT2D eigenvalue weighted by atomic mass is 16.6. The predicted octanol–water partition coefficient (Wildman–Crippen LogP) is 1.40. The van der Waals surface area contributed by atoms with Crippen molar-refractivity contribution in [3.8, 4) is 0 Å². The van der Waals surface area contributed by atoms with E-state index in [9.17, 15) is 14.7 Å². The molecule has 0 radical (unpaired) electrons. The summed E-state index contributed by atoms with van der Waals surface area (Å²) >= 11 is 0. The predicted molar refractivity (Wildman–Crippen MR) is 85.6 cm³/mol. The van der Waals surface area contributed by atoms with Gasteiger partial charge in [0.25, 0.3) is 0 Å². The van der Waals surface area contributed by atoms with Crippen LogP contribution in [0.15, 0.2) is 43.0 Å². The van der Waals surface area contributed by atoms with E-state index in [-0.39, 0.29) is 12.5 Å². The van der Waals surface area contributed by atoms with Gasteiger partial charge in [0.2, 0.25) is 5.91 Å². The number of rotatable bonds is 5. The largest absolute Gasteiger partial charge is 0.445 e. The zero-order valence-electron chi connectivity index (χ0n) is 13.2. The molecule has 0 aromatic heterocycles. The number of likely N-dealkylation sites (tertiary alicyclic amines) is 1. The van der Waals surface area contributed by atoms with Gasteiger partial charge >= 0.3 is 6.09 Å². The summed E-state index contributed by atoms with van der Waals surface area (Å²) in [6, 6.07) is 8.65. The van der Waals surface area contributed by atoms with Gasteiger partial charge in [-0.05, 0) is 12.0 Å².